The van der Waals surface area contributed by atoms with Gasteiger partial charge in [-0.25, -0.2) is 4.79 Å². The summed E-state index contributed by atoms with van der Waals surface area (Å²) in [7, 11) is 0. The number of aliphatic hydroxyl groups excluding tert-OH is 1. The average Bonchev–Trinajstić information content (AvgIpc) is 2.40. The largest absolute Gasteiger partial charge is 0.480 e. The van der Waals surface area contributed by atoms with Gasteiger partial charge in [-0.3, -0.25) is 4.79 Å². The summed E-state index contributed by atoms with van der Waals surface area (Å²) in [5.74, 6) is -1.00. The summed E-state index contributed by atoms with van der Waals surface area (Å²) < 4.78 is 0. The van der Waals surface area contributed by atoms with Crippen LogP contribution in [0, 0.1) is 0 Å². The maximum atomic E-state index is 11.6. The fourth-order valence-corrected chi connectivity index (χ4v) is 2.66. The number of carboxylic acids is 1. The molecule has 0 bridgehead atoms. The maximum Gasteiger partial charge on any atom is 0.326 e. The fraction of sp³-hybridized carbons (Fsp3) is 0.385. The molecule has 0 fully saturated rings. The van der Waals surface area contributed by atoms with Crippen LogP contribution in [0.3, 0.4) is 0 Å². The highest BCUT2D eigenvalue weighted by Gasteiger charge is 2.18. The van der Waals surface area contributed by atoms with E-state index in [2.05, 4.69) is 5.32 Å². The zero-order valence-corrected chi connectivity index (χ0v) is 12.3. The molecular formula is C13H16ClNO4S. The lowest BCUT2D eigenvalue weighted by molar-refractivity contribution is -0.142. The van der Waals surface area contributed by atoms with Crippen molar-refractivity contribution in [2.24, 2.45) is 0 Å². The van der Waals surface area contributed by atoms with Crippen molar-refractivity contribution < 1.29 is 19.8 Å². The van der Waals surface area contributed by atoms with E-state index in [0.717, 1.165) is 4.90 Å². The van der Waals surface area contributed by atoms with Crippen molar-refractivity contribution in [1.82, 2.24) is 5.32 Å². The predicted molar refractivity (Wildman–Crippen MR) is 78.1 cm³/mol. The van der Waals surface area contributed by atoms with Gasteiger partial charge in [-0.15, -0.1) is 11.8 Å². The zero-order valence-electron chi connectivity index (χ0n) is 10.7. The summed E-state index contributed by atoms with van der Waals surface area (Å²) in [6.45, 7) is -0.286. The Labute approximate surface area is 126 Å². The molecule has 0 radical (unpaired) electrons. The van der Waals surface area contributed by atoms with Crippen LogP contribution in [0.1, 0.15) is 12.8 Å². The topological polar surface area (TPSA) is 86.6 Å². The Balaban J connectivity index is 2.36. The minimum Gasteiger partial charge on any atom is -0.480 e. The summed E-state index contributed by atoms with van der Waals surface area (Å²) in [6.07, 6.45) is 0.184. The highest BCUT2D eigenvalue weighted by molar-refractivity contribution is 7.99. The smallest absolute Gasteiger partial charge is 0.326 e. The highest BCUT2D eigenvalue weighted by Crippen LogP contribution is 2.26. The molecule has 0 saturated heterocycles. The number of hydrogen-bond donors (Lipinski definition) is 3. The lowest BCUT2D eigenvalue weighted by atomic mass is 10.2. The van der Waals surface area contributed by atoms with Gasteiger partial charge in [0.05, 0.1) is 5.02 Å². The Morgan fingerprint density at radius 3 is 2.65 bits per heavy atom. The van der Waals surface area contributed by atoms with E-state index in [1.807, 2.05) is 18.2 Å². The molecule has 0 aromatic heterocycles. The van der Waals surface area contributed by atoms with Crippen molar-refractivity contribution in [3.05, 3.63) is 29.3 Å². The first-order valence-corrected chi connectivity index (χ1v) is 7.41. The van der Waals surface area contributed by atoms with Gasteiger partial charge >= 0.3 is 5.97 Å². The fourth-order valence-electron chi connectivity index (χ4n) is 1.47. The van der Waals surface area contributed by atoms with E-state index < -0.39 is 12.0 Å². The van der Waals surface area contributed by atoms with E-state index >= 15 is 0 Å². The minimum absolute atomic E-state index is 0.00126. The first-order chi connectivity index (χ1) is 9.54. The van der Waals surface area contributed by atoms with Gasteiger partial charge in [0.25, 0.3) is 0 Å². The second-order valence-electron chi connectivity index (χ2n) is 4.00. The van der Waals surface area contributed by atoms with Crippen LogP contribution in [0.4, 0.5) is 0 Å². The van der Waals surface area contributed by atoms with E-state index in [1.54, 1.807) is 6.07 Å². The molecule has 1 atom stereocenters. The molecule has 0 saturated carbocycles. The molecule has 0 aliphatic carbocycles. The van der Waals surface area contributed by atoms with E-state index in [-0.39, 0.29) is 25.4 Å². The summed E-state index contributed by atoms with van der Waals surface area (Å²) in [5.41, 5.74) is 0. The molecule has 0 spiro atoms. The van der Waals surface area contributed by atoms with E-state index in [4.69, 9.17) is 21.8 Å². The van der Waals surface area contributed by atoms with Gasteiger partial charge in [0.1, 0.15) is 6.04 Å². The van der Waals surface area contributed by atoms with Crippen LogP contribution in [0.5, 0.6) is 0 Å². The number of carboxylic acid groups (broad SMARTS) is 1. The Morgan fingerprint density at radius 2 is 2.05 bits per heavy atom. The van der Waals surface area contributed by atoms with E-state index in [9.17, 15) is 9.59 Å². The minimum atomic E-state index is -1.15. The number of rotatable bonds is 8. The van der Waals surface area contributed by atoms with Gasteiger partial charge in [-0.2, -0.15) is 0 Å². The number of halogens is 1. The molecule has 0 unspecified atom stereocenters. The SMILES string of the molecule is O=C(CCSc1ccccc1Cl)N[C@@H](CCO)C(=O)O. The van der Waals surface area contributed by atoms with Crippen molar-refractivity contribution in [3.8, 4) is 0 Å². The molecule has 1 rings (SSSR count). The molecule has 0 aliphatic rings. The van der Waals surface area contributed by atoms with Gasteiger partial charge in [0.2, 0.25) is 5.91 Å². The Hall–Kier alpha value is -1.24. The van der Waals surface area contributed by atoms with Gasteiger partial charge in [-0.1, -0.05) is 23.7 Å². The predicted octanol–water partition coefficient (Wildman–Crippen LogP) is 1.77. The number of carbonyl (C=O) groups is 2. The third-order valence-corrected chi connectivity index (χ3v) is 3.99. The first kappa shape index (κ1) is 16.8. The molecule has 0 aliphatic heterocycles. The van der Waals surface area contributed by atoms with Crippen LogP contribution >= 0.6 is 23.4 Å². The lowest BCUT2D eigenvalue weighted by Gasteiger charge is -2.13. The molecular weight excluding hydrogens is 302 g/mol. The quantitative estimate of drug-likeness (QED) is 0.636. The molecule has 5 nitrogen and oxygen atoms in total. The van der Waals surface area contributed by atoms with Crippen LogP contribution in [-0.2, 0) is 9.59 Å². The molecule has 1 amide bonds. The Morgan fingerprint density at radius 1 is 1.35 bits per heavy atom. The summed E-state index contributed by atoms with van der Waals surface area (Å²) in [5, 5.41) is 20.6. The molecule has 7 heteroatoms. The van der Waals surface area contributed by atoms with Crippen LogP contribution in [0.25, 0.3) is 0 Å². The second kappa shape index (κ2) is 8.84. The Bertz CT molecular complexity index is 469. The lowest BCUT2D eigenvalue weighted by Crippen LogP contribution is -2.41. The third kappa shape index (κ3) is 5.81. The maximum absolute atomic E-state index is 11.6. The van der Waals surface area contributed by atoms with Crippen molar-refractivity contribution in [3.63, 3.8) is 0 Å². The zero-order chi connectivity index (χ0) is 15.0. The van der Waals surface area contributed by atoms with E-state index in [0.29, 0.717) is 10.8 Å². The van der Waals surface area contributed by atoms with Gasteiger partial charge in [0, 0.05) is 30.1 Å². The second-order valence-corrected chi connectivity index (χ2v) is 5.54. The standard InChI is InChI=1S/C13H16ClNO4S/c14-9-3-1-2-4-11(9)20-8-6-12(17)15-10(5-7-16)13(18)19/h1-4,10,16H,5-8H2,(H,15,17)(H,18,19)/t10-/m0/s1. The van der Waals surface area contributed by atoms with Crippen LogP contribution in [0.2, 0.25) is 5.02 Å². The summed E-state index contributed by atoms with van der Waals surface area (Å²) in [4.78, 5) is 23.3. The van der Waals surface area contributed by atoms with Gasteiger partial charge in [0.15, 0.2) is 0 Å². The number of aliphatic hydroxyl groups is 1. The molecule has 20 heavy (non-hydrogen) atoms. The van der Waals surface area contributed by atoms with Crippen LogP contribution in [-0.4, -0.2) is 40.5 Å². The third-order valence-electron chi connectivity index (χ3n) is 2.47. The average molecular weight is 318 g/mol. The van der Waals surface area contributed by atoms with E-state index in [1.165, 1.54) is 11.8 Å². The molecule has 0 heterocycles. The summed E-state index contributed by atoms with van der Waals surface area (Å²) >= 11 is 7.41. The Kier molecular flexibility index (Phi) is 7.43. The normalized spacial score (nSPS) is 11.9. The monoisotopic (exact) mass is 317 g/mol. The molecule has 1 aromatic carbocycles. The highest BCUT2D eigenvalue weighted by atomic mass is 35.5. The van der Waals surface area contributed by atoms with Crippen molar-refractivity contribution in [1.29, 1.82) is 0 Å². The molecule has 1 aromatic rings. The molecule has 110 valence electrons. The number of benzene rings is 1. The van der Waals surface area contributed by atoms with Crippen molar-refractivity contribution in [2.45, 2.75) is 23.8 Å². The number of amides is 1. The number of nitrogens with one attached hydrogen (secondary N) is 1. The van der Waals surface area contributed by atoms with Gasteiger partial charge < -0.3 is 15.5 Å². The summed E-state index contributed by atoms with van der Waals surface area (Å²) in [6, 6.07) is 6.27. The van der Waals surface area contributed by atoms with Gasteiger partial charge in [-0.05, 0) is 12.1 Å². The molecule has 3 N–H and O–H groups in total. The van der Waals surface area contributed by atoms with Crippen LogP contribution in [0.15, 0.2) is 29.2 Å². The van der Waals surface area contributed by atoms with Crippen molar-refractivity contribution in [2.75, 3.05) is 12.4 Å². The number of thioether (sulfide) groups is 1. The number of aliphatic carboxylic acids is 1. The number of hydrogen-bond acceptors (Lipinski definition) is 4. The van der Waals surface area contributed by atoms with Crippen LogP contribution < -0.4 is 5.32 Å². The number of carbonyl (C=O) groups excluding carboxylic acids is 1. The van der Waals surface area contributed by atoms with Crippen molar-refractivity contribution >= 4 is 35.2 Å². The first-order valence-electron chi connectivity index (χ1n) is 6.05.